The third-order valence-electron chi connectivity index (χ3n) is 2.99. The molecule has 1 unspecified atom stereocenters. The number of benzene rings is 1. The van der Waals surface area contributed by atoms with Gasteiger partial charge in [0.25, 0.3) is 0 Å². The highest BCUT2D eigenvalue weighted by Crippen LogP contribution is 2.29. The Morgan fingerprint density at radius 2 is 2.42 bits per heavy atom. The number of halogens is 1. The molecule has 2 rings (SSSR count). The number of ether oxygens (including phenoxy) is 2. The Kier molecular flexibility index (Phi) is 4.29. The van der Waals surface area contributed by atoms with Gasteiger partial charge in [0.2, 0.25) is 5.91 Å². The lowest BCUT2D eigenvalue weighted by Gasteiger charge is -2.21. The number of carbonyl (C=O) groups is 1. The molecule has 1 saturated heterocycles. The number of amides is 1. The number of rotatable bonds is 4. The van der Waals surface area contributed by atoms with E-state index in [-0.39, 0.29) is 12.5 Å². The quantitative estimate of drug-likeness (QED) is 0.884. The number of nitrogens with one attached hydrogen (secondary N) is 1. The summed E-state index contributed by atoms with van der Waals surface area (Å²) in [5.41, 5.74) is 5.55. The number of hydrogen-bond acceptors (Lipinski definition) is 4. The summed E-state index contributed by atoms with van der Waals surface area (Å²) in [6, 6.07) is 5.07. The smallest absolute Gasteiger partial charge is 0.247 e. The second kappa shape index (κ2) is 5.77. The van der Waals surface area contributed by atoms with Crippen LogP contribution in [0.1, 0.15) is 13.3 Å². The van der Waals surface area contributed by atoms with Crippen molar-refractivity contribution in [3.63, 3.8) is 0 Å². The fourth-order valence-electron chi connectivity index (χ4n) is 1.89. The van der Waals surface area contributed by atoms with E-state index >= 15 is 0 Å². The van der Waals surface area contributed by atoms with Crippen molar-refractivity contribution < 1.29 is 14.3 Å². The average molecular weight is 285 g/mol. The van der Waals surface area contributed by atoms with Crippen LogP contribution in [0.3, 0.4) is 0 Å². The van der Waals surface area contributed by atoms with Crippen LogP contribution in [-0.4, -0.2) is 31.3 Å². The van der Waals surface area contributed by atoms with Crippen molar-refractivity contribution in [3.05, 3.63) is 23.2 Å². The molecule has 1 aromatic carbocycles. The van der Waals surface area contributed by atoms with Crippen molar-refractivity contribution in [2.24, 2.45) is 5.73 Å². The van der Waals surface area contributed by atoms with E-state index in [1.54, 1.807) is 18.2 Å². The Balaban J connectivity index is 2.17. The molecule has 1 aliphatic rings. The van der Waals surface area contributed by atoms with Crippen LogP contribution in [0.5, 0.6) is 5.75 Å². The van der Waals surface area contributed by atoms with Crippen molar-refractivity contribution in [2.75, 3.05) is 25.1 Å². The molecule has 3 N–H and O–H groups in total. The molecule has 19 heavy (non-hydrogen) atoms. The third kappa shape index (κ3) is 3.18. The molecule has 0 spiro atoms. The Morgan fingerprint density at radius 3 is 3.05 bits per heavy atom. The van der Waals surface area contributed by atoms with Crippen molar-refractivity contribution in [1.82, 2.24) is 0 Å². The molecule has 1 amide bonds. The van der Waals surface area contributed by atoms with E-state index in [4.69, 9.17) is 26.8 Å². The first kappa shape index (κ1) is 14.1. The summed E-state index contributed by atoms with van der Waals surface area (Å²) < 4.78 is 10.6. The van der Waals surface area contributed by atoms with Crippen LogP contribution < -0.4 is 15.8 Å². The normalized spacial score (nSPS) is 22.3. The Morgan fingerprint density at radius 1 is 1.63 bits per heavy atom. The van der Waals surface area contributed by atoms with E-state index in [9.17, 15) is 4.79 Å². The summed E-state index contributed by atoms with van der Waals surface area (Å²) in [4.78, 5) is 12.2. The second-order valence-corrected chi connectivity index (χ2v) is 4.92. The van der Waals surface area contributed by atoms with E-state index in [1.165, 1.54) is 0 Å². The largest absolute Gasteiger partial charge is 0.492 e. The second-order valence-electron chi connectivity index (χ2n) is 4.49. The van der Waals surface area contributed by atoms with Crippen LogP contribution in [0.2, 0.25) is 5.02 Å². The Bertz CT molecular complexity index is 473. The predicted octanol–water partition coefficient (Wildman–Crippen LogP) is 1.79. The first-order valence-corrected chi connectivity index (χ1v) is 6.53. The fourth-order valence-corrected chi connectivity index (χ4v) is 2.06. The number of carbonyl (C=O) groups excluding carboxylic acids is 1. The molecule has 1 aliphatic heterocycles. The summed E-state index contributed by atoms with van der Waals surface area (Å²) >= 11 is 5.93. The summed E-state index contributed by atoms with van der Waals surface area (Å²) in [7, 11) is 0. The number of nitrogens with two attached hydrogens (primary N) is 1. The maximum Gasteiger partial charge on any atom is 0.247 e. The predicted molar refractivity (Wildman–Crippen MR) is 73.6 cm³/mol. The van der Waals surface area contributed by atoms with Gasteiger partial charge in [0.15, 0.2) is 0 Å². The van der Waals surface area contributed by atoms with E-state index in [0.29, 0.717) is 36.1 Å². The maximum atomic E-state index is 12.2. The summed E-state index contributed by atoms with van der Waals surface area (Å²) in [5, 5.41) is 3.29. The average Bonchev–Trinajstić information content (AvgIpc) is 2.81. The molecule has 104 valence electrons. The van der Waals surface area contributed by atoms with Gasteiger partial charge in [-0.25, -0.2) is 0 Å². The topological polar surface area (TPSA) is 73.6 Å². The third-order valence-corrected chi connectivity index (χ3v) is 3.23. The van der Waals surface area contributed by atoms with Gasteiger partial charge in [0.1, 0.15) is 11.3 Å². The minimum absolute atomic E-state index is 0.226. The van der Waals surface area contributed by atoms with Crippen LogP contribution >= 0.6 is 11.6 Å². The van der Waals surface area contributed by atoms with E-state index in [1.807, 2.05) is 6.92 Å². The lowest BCUT2D eigenvalue weighted by molar-refractivity contribution is -0.121. The number of anilines is 1. The molecule has 0 aliphatic carbocycles. The van der Waals surface area contributed by atoms with E-state index < -0.39 is 5.54 Å². The maximum absolute atomic E-state index is 12.2. The van der Waals surface area contributed by atoms with Crippen molar-refractivity contribution >= 4 is 23.2 Å². The highest BCUT2D eigenvalue weighted by Gasteiger charge is 2.38. The Hall–Kier alpha value is -1.30. The molecule has 0 aromatic heterocycles. The zero-order chi connectivity index (χ0) is 13.9. The van der Waals surface area contributed by atoms with Crippen LogP contribution in [0.25, 0.3) is 0 Å². The van der Waals surface area contributed by atoms with E-state index in [2.05, 4.69) is 5.32 Å². The van der Waals surface area contributed by atoms with Crippen molar-refractivity contribution in [1.29, 1.82) is 0 Å². The van der Waals surface area contributed by atoms with Gasteiger partial charge in [-0.05, 0) is 31.5 Å². The van der Waals surface area contributed by atoms with Gasteiger partial charge >= 0.3 is 0 Å². The molecular formula is C13H17ClN2O3. The van der Waals surface area contributed by atoms with Gasteiger partial charge < -0.3 is 20.5 Å². The highest BCUT2D eigenvalue weighted by molar-refractivity contribution is 6.31. The standard InChI is InChI=1S/C13H17ClN2O3/c1-2-19-11-4-3-9(14)7-10(11)16-12(17)13(15)5-6-18-8-13/h3-4,7H,2,5-6,8,15H2,1H3,(H,16,17). The highest BCUT2D eigenvalue weighted by atomic mass is 35.5. The first-order chi connectivity index (χ1) is 9.05. The molecular weight excluding hydrogens is 268 g/mol. The van der Waals surface area contributed by atoms with Gasteiger partial charge in [-0.3, -0.25) is 4.79 Å². The van der Waals surface area contributed by atoms with Gasteiger partial charge in [0.05, 0.1) is 18.9 Å². The zero-order valence-corrected chi connectivity index (χ0v) is 11.5. The molecule has 6 heteroatoms. The minimum Gasteiger partial charge on any atom is -0.492 e. The SMILES string of the molecule is CCOc1ccc(Cl)cc1NC(=O)C1(N)CCOC1. The molecule has 1 aromatic rings. The van der Waals surface area contributed by atoms with Crippen LogP contribution in [0, 0.1) is 0 Å². The van der Waals surface area contributed by atoms with Gasteiger partial charge in [0, 0.05) is 11.6 Å². The molecule has 0 bridgehead atoms. The van der Waals surface area contributed by atoms with Crippen LogP contribution in [0.15, 0.2) is 18.2 Å². The van der Waals surface area contributed by atoms with Gasteiger partial charge in [-0.15, -0.1) is 0 Å². The fraction of sp³-hybridized carbons (Fsp3) is 0.462. The van der Waals surface area contributed by atoms with Crippen LogP contribution in [-0.2, 0) is 9.53 Å². The molecule has 1 heterocycles. The summed E-state index contributed by atoms with van der Waals surface area (Å²) in [6.07, 6.45) is 0.503. The van der Waals surface area contributed by atoms with Crippen LogP contribution in [0.4, 0.5) is 5.69 Å². The summed E-state index contributed by atoms with van der Waals surface area (Å²) in [6.45, 7) is 3.10. The van der Waals surface area contributed by atoms with Gasteiger partial charge in [-0.1, -0.05) is 11.6 Å². The molecule has 0 radical (unpaired) electrons. The molecule has 1 fully saturated rings. The lowest BCUT2D eigenvalue weighted by Crippen LogP contribution is -2.51. The molecule has 1 atom stereocenters. The van der Waals surface area contributed by atoms with Crippen molar-refractivity contribution in [2.45, 2.75) is 18.9 Å². The zero-order valence-electron chi connectivity index (χ0n) is 10.7. The minimum atomic E-state index is -0.980. The van der Waals surface area contributed by atoms with Crippen molar-refractivity contribution in [3.8, 4) is 5.75 Å². The monoisotopic (exact) mass is 284 g/mol. The lowest BCUT2D eigenvalue weighted by atomic mass is 9.99. The first-order valence-electron chi connectivity index (χ1n) is 6.15. The Labute approximate surface area is 117 Å². The van der Waals surface area contributed by atoms with Gasteiger partial charge in [-0.2, -0.15) is 0 Å². The van der Waals surface area contributed by atoms with E-state index in [0.717, 1.165) is 0 Å². The number of hydrogen-bond donors (Lipinski definition) is 2. The molecule has 5 nitrogen and oxygen atoms in total. The molecule has 0 saturated carbocycles. The summed E-state index contributed by atoms with van der Waals surface area (Å²) in [5.74, 6) is 0.288.